The molecule has 2 aromatic carbocycles. The van der Waals surface area contributed by atoms with Gasteiger partial charge >= 0.3 is 0 Å². The number of amides is 2. The van der Waals surface area contributed by atoms with Gasteiger partial charge in [0, 0.05) is 32.6 Å². The summed E-state index contributed by atoms with van der Waals surface area (Å²) in [5.74, 6) is -0.639. The highest BCUT2D eigenvalue weighted by molar-refractivity contribution is 6.36. The third kappa shape index (κ3) is 4.17. The van der Waals surface area contributed by atoms with Crippen LogP contribution in [0, 0.1) is 13.8 Å². The fourth-order valence-electron chi connectivity index (χ4n) is 3.23. The van der Waals surface area contributed by atoms with Gasteiger partial charge in [0.1, 0.15) is 5.70 Å². The van der Waals surface area contributed by atoms with Crippen molar-refractivity contribution in [1.82, 2.24) is 4.90 Å². The van der Waals surface area contributed by atoms with Gasteiger partial charge in [0.25, 0.3) is 11.8 Å². The van der Waals surface area contributed by atoms with Crippen LogP contribution in [0.25, 0.3) is 5.57 Å². The van der Waals surface area contributed by atoms with Gasteiger partial charge in [-0.25, -0.2) is 0 Å². The fourth-order valence-corrected chi connectivity index (χ4v) is 3.23. The zero-order valence-electron chi connectivity index (χ0n) is 17.6. The van der Waals surface area contributed by atoms with Crippen LogP contribution in [0.2, 0.25) is 0 Å². The zero-order valence-corrected chi connectivity index (χ0v) is 17.6. The summed E-state index contributed by atoms with van der Waals surface area (Å²) in [7, 11) is 5.49. The van der Waals surface area contributed by atoms with Crippen LogP contribution in [-0.2, 0) is 14.3 Å². The third-order valence-electron chi connectivity index (χ3n) is 5.14. The van der Waals surface area contributed by atoms with Crippen LogP contribution < -0.4 is 10.2 Å². The van der Waals surface area contributed by atoms with Crippen LogP contribution in [0.5, 0.6) is 0 Å². The number of benzene rings is 2. The number of nitrogens with one attached hydrogen (secondary N) is 1. The highest BCUT2D eigenvalue weighted by atomic mass is 16.5. The van der Waals surface area contributed by atoms with Crippen molar-refractivity contribution in [2.75, 3.05) is 44.6 Å². The molecule has 1 aliphatic rings. The van der Waals surface area contributed by atoms with Gasteiger partial charge < -0.3 is 15.0 Å². The molecular formula is C23H27N3O3. The van der Waals surface area contributed by atoms with E-state index in [0.717, 1.165) is 28.1 Å². The number of hydrogen-bond donors (Lipinski definition) is 1. The van der Waals surface area contributed by atoms with Crippen LogP contribution in [0.15, 0.2) is 48.2 Å². The maximum atomic E-state index is 13.1. The second kappa shape index (κ2) is 8.49. The number of carbonyl (C=O) groups is 2. The number of anilines is 2. The molecule has 1 N–H and O–H groups in total. The molecule has 1 heterocycles. The quantitative estimate of drug-likeness (QED) is 0.732. The Balaban J connectivity index is 2.02. The maximum absolute atomic E-state index is 13.1. The molecular weight excluding hydrogens is 366 g/mol. The number of ether oxygens (including phenoxy) is 1. The smallest absolute Gasteiger partial charge is 0.278 e. The summed E-state index contributed by atoms with van der Waals surface area (Å²) in [5, 5.41) is 3.18. The lowest BCUT2D eigenvalue weighted by molar-refractivity contribution is -0.137. The lowest BCUT2D eigenvalue weighted by Gasteiger charge is -2.15. The van der Waals surface area contributed by atoms with Crippen molar-refractivity contribution in [2.45, 2.75) is 13.8 Å². The Morgan fingerprint density at radius 2 is 1.66 bits per heavy atom. The number of hydrogen-bond acceptors (Lipinski definition) is 5. The molecule has 0 unspecified atom stereocenters. The molecule has 0 aliphatic carbocycles. The first-order valence-corrected chi connectivity index (χ1v) is 9.55. The van der Waals surface area contributed by atoms with Gasteiger partial charge in [0.05, 0.1) is 18.7 Å². The lowest BCUT2D eigenvalue weighted by atomic mass is 9.99. The van der Waals surface area contributed by atoms with Gasteiger partial charge in [-0.05, 0) is 54.8 Å². The molecule has 0 saturated heterocycles. The molecule has 0 spiro atoms. The van der Waals surface area contributed by atoms with Gasteiger partial charge in [-0.2, -0.15) is 0 Å². The number of methoxy groups -OCH3 is 1. The first-order valence-electron chi connectivity index (χ1n) is 9.55. The molecule has 0 aromatic heterocycles. The molecule has 29 heavy (non-hydrogen) atoms. The Morgan fingerprint density at radius 1 is 0.966 bits per heavy atom. The topological polar surface area (TPSA) is 61.9 Å². The predicted molar refractivity (Wildman–Crippen MR) is 116 cm³/mol. The summed E-state index contributed by atoms with van der Waals surface area (Å²) in [6.07, 6.45) is 0. The van der Waals surface area contributed by atoms with E-state index in [1.807, 2.05) is 75.3 Å². The second-order valence-electron chi connectivity index (χ2n) is 7.37. The molecule has 2 aromatic rings. The summed E-state index contributed by atoms with van der Waals surface area (Å²) in [4.78, 5) is 29.4. The van der Waals surface area contributed by atoms with E-state index >= 15 is 0 Å². The first-order chi connectivity index (χ1) is 13.8. The summed E-state index contributed by atoms with van der Waals surface area (Å²) < 4.78 is 5.08. The molecule has 0 fully saturated rings. The van der Waals surface area contributed by atoms with E-state index in [9.17, 15) is 9.59 Å². The van der Waals surface area contributed by atoms with E-state index in [4.69, 9.17) is 4.74 Å². The summed E-state index contributed by atoms with van der Waals surface area (Å²) in [6, 6.07) is 13.5. The lowest BCUT2D eigenvalue weighted by Crippen LogP contribution is -2.35. The zero-order chi connectivity index (χ0) is 21.1. The van der Waals surface area contributed by atoms with Crippen molar-refractivity contribution in [3.63, 3.8) is 0 Å². The molecule has 2 amide bonds. The van der Waals surface area contributed by atoms with E-state index in [1.54, 1.807) is 7.11 Å². The predicted octanol–water partition coefficient (Wildman–Crippen LogP) is 3.21. The SMILES string of the molecule is COCCN1C(=O)C(Nc2ccc(N(C)C)cc2)=C(c2ccc(C)c(C)c2)C1=O. The van der Waals surface area contributed by atoms with Crippen LogP contribution in [-0.4, -0.2) is 51.1 Å². The number of imide groups is 1. The van der Waals surface area contributed by atoms with Crippen molar-refractivity contribution in [3.8, 4) is 0 Å². The van der Waals surface area contributed by atoms with Gasteiger partial charge in [0.2, 0.25) is 0 Å². The van der Waals surface area contributed by atoms with E-state index in [-0.39, 0.29) is 18.4 Å². The van der Waals surface area contributed by atoms with Gasteiger partial charge in [-0.1, -0.05) is 18.2 Å². The number of aryl methyl sites for hydroxylation is 2. The molecule has 6 nitrogen and oxygen atoms in total. The molecule has 6 heteroatoms. The van der Waals surface area contributed by atoms with Gasteiger partial charge in [-0.3, -0.25) is 14.5 Å². The van der Waals surface area contributed by atoms with Crippen molar-refractivity contribution in [2.24, 2.45) is 0 Å². The number of carbonyl (C=O) groups excluding carboxylic acids is 2. The third-order valence-corrected chi connectivity index (χ3v) is 5.14. The highest BCUT2D eigenvalue weighted by Gasteiger charge is 2.39. The maximum Gasteiger partial charge on any atom is 0.278 e. The van der Waals surface area contributed by atoms with Gasteiger partial charge in [0.15, 0.2) is 0 Å². The van der Waals surface area contributed by atoms with Crippen LogP contribution in [0.3, 0.4) is 0 Å². The average Bonchev–Trinajstić information content (AvgIpc) is 2.92. The number of nitrogens with zero attached hydrogens (tertiary/aromatic N) is 2. The minimum absolute atomic E-state index is 0.216. The summed E-state index contributed by atoms with van der Waals surface area (Å²) in [6.45, 7) is 4.53. The Kier molecular flexibility index (Phi) is 6.03. The molecule has 0 bridgehead atoms. The van der Waals surface area contributed by atoms with E-state index < -0.39 is 0 Å². The largest absolute Gasteiger partial charge is 0.383 e. The molecule has 152 valence electrons. The first kappa shape index (κ1) is 20.6. The molecule has 0 radical (unpaired) electrons. The second-order valence-corrected chi connectivity index (χ2v) is 7.37. The van der Waals surface area contributed by atoms with E-state index in [0.29, 0.717) is 17.9 Å². The minimum atomic E-state index is -0.336. The van der Waals surface area contributed by atoms with E-state index in [1.165, 1.54) is 4.90 Å². The standard InChI is InChI=1S/C23H27N3O3/c1-15-6-7-17(14-16(15)2)20-21(23(28)26(22(20)27)12-13-29-5)24-18-8-10-19(11-9-18)25(3)4/h6-11,14,24H,12-13H2,1-5H3. The van der Waals surface area contributed by atoms with Crippen molar-refractivity contribution < 1.29 is 14.3 Å². The average molecular weight is 393 g/mol. The fraction of sp³-hybridized carbons (Fsp3) is 0.304. The number of rotatable bonds is 7. The van der Waals surface area contributed by atoms with Crippen molar-refractivity contribution in [1.29, 1.82) is 0 Å². The molecule has 0 saturated carbocycles. The normalized spacial score (nSPS) is 14.0. The van der Waals surface area contributed by atoms with E-state index in [2.05, 4.69) is 5.32 Å². The highest BCUT2D eigenvalue weighted by Crippen LogP contribution is 2.31. The van der Waals surface area contributed by atoms with Gasteiger partial charge in [-0.15, -0.1) is 0 Å². The van der Waals surface area contributed by atoms with Crippen LogP contribution >= 0.6 is 0 Å². The van der Waals surface area contributed by atoms with Crippen LogP contribution in [0.4, 0.5) is 11.4 Å². The minimum Gasteiger partial charge on any atom is -0.383 e. The van der Waals surface area contributed by atoms with Crippen molar-refractivity contribution in [3.05, 3.63) is 64.9 Å². The Bertz CT molecular complexity index is 962. The molecule has 1 aliphatic heterocycles. The Morgan fingerprint density at radius 3 is 2.24 bits per heavy atom. The summed E-state index contributed by atoms with van der Waals surface area (Å²) in [5.41, 5.74) is 5.43. The molecule has 0 atom stereocenters. The monoisotopic (exact) mass is 393 g/mol. The van der Waals surface area contributed by atoms with Crippen molar-refractivity contribution >= 4 is 28.8 Å². The Hall–Kier alpha value is -3.12. The van der Waals surface area contributed by atoms with Crippen LogP contribution in [0.1, 0.15) is 16.7 Å². The summed E-state index contributed by atoms with van der Waals surface area (Å²) >= 11 is 0. The Labute approximate surface area is 171 Å². The molecule has 3 rings (SSSR count).